The van der Waals surface area contributed by atoms with Crippen molar-refractivity contribution in [2.75, 3.05) is 26.4 Å². The Kier molecular flexibility index (Phi) is 18.9. The molecule has 4 aliphatic heterocycles. The highest BCUT2D eigenvalue weighted by Crippen LogP contribution is 2.76. The van der Waals surface area contributed by atoms with Crippen molar-refractivity contribution in [3.8, 4) is 0 Å². The standard InChI is InChI=1S/C54H92O23/c1-23(2)10-9-14-54(8,77-48-44(69)40(65)37(62)29(74-48)22-70-46-42(67)38(63)34(59)26(19-55)71-46)24-11-16-53(7)33(24)25(58)18-31-51(5)15-13-32(50(3,4)30(51)12-17-52(31,53)6)75-49-45(41(66)36(61)28(21-57)73-49)76-47-43(68)39(64)35(60)27(20-56)72-47/h10,24-49,55-69H,9,11-22H2,1-8H3/t24-,25+,26+,27-,28-,29+,30-,31+,32-,33-,34+,35-,36-,37+,38-,39+,40-,41+,42+,43-,44+,45-,46+,47+,48-,49+,51-,52+,53+,54-/m1/s1. The number of aliphatic hydroxyl groups is 15. The quantitative estimate of drug-likeness (QED) is 0.0576. The lowest BCUT2D eigenvalue weighted by molar-refractivity contribution is -0.378. The van der Waals surface area contributed by atoms with E-state index in [0.29, 0.717) is 38.5 Å². The monoisotopic (exact) mass is 1110 g/mol. The maximum atomic E-state index is 12.8. The molecule has 0 bridgehead atoms. The van der Waals surface area contributed by atoms with Crippen LogP contribution in [-0.4, -0.2) is 244 Å². The molecule has 0 unspecified atom stereocenters. The summed E-state index contributed by atoms with van der Waals surface area (Å²) in [5, 5.41) is 162. The number of ether oxygens (including phenoxy) is 8. The molecule has 0 amide bonds. The van der Waals surface area contributed by atoms with Gasteiger partial charge in [0.2, 0.25) is 0 Å². The highest BCUT2D eigenvalue weighted by molar-refractivity contribution is 5.20. The molecule has 0 spiro atoms. The van der Waals surface area contributed by atoms with Gasteiger partial charge >= 0.3 is 0 Å². The minimum Gasteiger partial charge on any atom is -0.394 e. The van der Waals surface area contributed by atoms with E-state index in [2.05, 4.69) is 40.7 Å². The molecule has 0 radical (unpaired) electrons. The molecular weight excluding hydrogens is 1020 g/mol. The Morgan fingerprint density at radius 1 is 0.545 bits per heavy atom. The van der Waals surface area contributed by atoms with Crippen LogP contribution in [-0.2, 0) is 37.9 Å². The summed E-state index contributed by atoms with van der Waals surface area (Å²) in [4.78, 5) is 0. The van der Waals surface area contributed by atoms with Crippen LogP contribution in [0.3, 0.4) is 0 Å². The maximum absolute atomic E-state index is 12.8. The number of rotatable bonds is 16. The van der Waals surface area contributed by atoms with Gasteiger partial charge in [0.15, 0.2) is 25.2 Å². The Morgan fingerprint density at radius 2 is 1.05 bits per heavy atom. The van der Waals surface area contributed by atoms with Crippen molar-refractivity contribution in [2.24, 2.45) is 45.3 Å². The van der Waals surface area contributed by atoms with Crippen molar-refractivity contribution in [1.29, 1.82) is 0 Å². The highest BCUT2D eigenvalue weighted by Gasteiger charge is 2.72. The van der Waals surface area contributed by atoms with Gasteiger partial charge in [-0.3, -0.25) is 0 Å². The summed E-state index contributed by atoms with van der Waals surface area (Å²) < 4.78 is 48.9. The van der Waals surface area contributed by atoms with Gasteiger partial charge < -0.3 is 114 Å². The third-order valence-corrected chi connectivity index (χ3v) is 20.9. The normalized spacial score (nSPS) is 52.7. The zero-order valence-corrected chi connectivity index (χ0v) is 45.8. The number of fused-ring (bicyclic) bond motifs is 5. The average Bonchev–Trinajstić information content (AvgIpc) is 3.96. The number of hydrogen-bond acceptors (Lipinski definition) is 23. The summed E-state index contributed by atoms with van der Waals surface area (Å²) in [6.45, 7) is 14.6. The smallest absolute Gasteiger partial charge is 0.187 e. The van der Waals surface area contributed by atoms with Crippen molar-refractivity contribution in [2.45, 2.75) is 254 Å². The fourth-order valence-electron chi connectivity index (χ4n) is 16.3. The van der Waals surface area contributed by atoms with Gasteiger partial charge in [-0.2, -0.15) is 0 Å². The molecule has 23 nitrogen and oxygen atoms in total. The molecule has 4 aliphatic carbocycles. The summed E-state index contributed by atoms with van der Waals surface area (Å²) in [6, 6.07) is 0. The number of aliphatic hydroxyl groups excluding tert-OH is 15. The van der Waals surface area contributed by atoms with Crippen LogP contribution in [0.25, 0.3) is 0 Å². The van der Waals surface area contributed by atoms with Gasteiger partial charge in [0.25, 0.3) is 0 Å². The predicted molar refractivity (Wildman–Crippen MR) is 266 cm³/mol. The average molecular weight is 1110 g/mol. The summed E-state index contributed by atoms with van der Waals surface area (Å²) in [7, 11) is 0. The molecule has 8 rings (SSSR count). The topological polar surface area (TPSA) is 377 Å². The second-order valence-corrected chi connectivity index (χ2v) is 25.7. The molecule has 30 atom stereocenters. The molecular formula is C54H92O23. The third kappa shape index (κ3) is 10.9. The Bertz CT molecular complexity index is 1990. The van der Waals surface area contributed by atoms with E-state index in [1.54, 1.807) is 0 Å². The molecule has 4 saturated carbocycles. The van der Waals surface area contributed by atoms with Crippen molar-refractivity contribution >= 4 is 0 Å². The molecule has 77 heavy (non-hydrogen) atoms. The molecule has 0 aromatic carbocycles. The fourth-order valence-corrected chi connectivity index (χ4v) is 16.3. The first kappa shape index (κ1) is 61.9. The second-order valence-electron chi connectivity index (χ2n) is 25.7. The van der Waals surface area contributed by atoms with Gasteiger partial charge in [-0.15, -0.1) is 0 Å². The Labute approximate surface area is 450 Å². The second kappa shape index (κ2) is 23.5. The lowest BCUT2D eigenvalue weighted by Gasteiger charge is -2.71. The molecule has 4 saturated heterocycles. The van der Waals surface area contributed by atoms with Gasteiger partial charge in [-0.05, 0) is 124 Å². The Hall–Kier alpha value is -1.18. The van der Waals surface area contributed by atoms with Crippen LogP contribution in [0.1, 0.15) is 113 Å². The lowest BCUT2D eigenvalue weighted by Crippen LogP contribution is -2.68. The van der Waals surface area contributed by atoms with E-state index >= 15 is 0 Å². The minimum absolute atomic E-state index is 0.0374. The molecule has 23 heteroatoms. The molecule has 8 aliphatic rings. The van der Waals surface area contributed by atoms with Crippen molar-refractivity contribution < 1.29 is 114 Å². The summed E-state index contributed by atoms with van der Waals surface area (Å²) in [5.74, 6) is -0.475. The molecule has 15 N–H and O–H groups in total. The first-order valence-corrected chi connectivity index (χ1v) is 27.9. The van der Waals surface area contributed by atoms with Crippen LogP contribution in [0.2, 0.25) is 0 Å². The van der Waals surface area contributed by atoms with Gasteiger partial charge in [-0.25, -0.2) is 0 Å². The van der Waals surface area contributed by atoms with E-state index in [0.717, 1.165) is 24.8 Å². The van der Waals surface area contributed by atoms with Crippen LogP contribution in [0.5, 0.6) is 0 Å². The summed E-state index contributed by atoms with van der Waals surface area (Å²) in [6.07, 6.45) is -25.2. The first-order valence-electron chi connectivity index (χ1n) is 27.9. The molecule has 0 aromatic rings. The van der Waals surface area contributed by atoms with E-state index < -0.39 is 178 Å². The van der Waals surface area contributed by atoms with E-state index in [-0.39, 0.29) is 34.5 Å². The SMILES string of the molecule is CC(C)=CCC[C@@](C)(O[C@H]1O[C@@H](CO[C@H]2O[C@@H](CO)[C@H](O)[C@@H](O)[C@@H]2O)[C@H](O)[C@@H](O)[C@@H]1O)[C@@H]1CC[C@@]2(C)[C@H]1[C@@H](O)C[C@H]1[C@]3(C)CC[C@@H](O[C@@H]4O[C@H](CO)[C@@H](O)[C@H](O)[C@H]4O[C@@H]4O[C@H](CO)[C@@H](O)[C@H](O)[C@H]4O)C(C)(C)[C@H]3CC[C@@]12C. The van der Waals surface area contributed by atoms with Gasteiger partial charge in [0.05, 0.1) is 44.2 Å². The fraction of sp³-hybridized carbons (Fsp3) is 0.963. The van der Waals surface area contributed by atoms with Gasteiger partial charge in [0, 0.05) is 0 Å². The van der Waals surface area contributed by atoms with E-state index in [1.165, 1.54) is 0 Å². The largest absolute Gasteiger partial charge is 0.394 e. The minimum atomic E-state index is -1.82. The lowest BCUT2D eigenvalue weighted by atomic mass is 9.35. The van der Waals surface area contributed by atoms with Crippen LogP contribution in [0.4, 0.5) is 0 Å². The maximum Gasteiger partial charge on any atom is 0.187 e. The molecule has 0 aromatic heterocycles. The van der Waals surface area contributed by atoms with Crippen LogP contribution in [0.15, 0.2) is 11.6 Å². The zero-order chi connectivity index (χ0) is 56.6. The molecule has 446 valence electrons. The zero-order valence-electron chi connectivity index (χ0n) is 45.8. The van der Waals surface area contributed by atoms with Crippen LogP contribution in [0, 0.1) is 45.3 Å². The summed E-state index contributed by atoms with van der Waals surface area (Å²) in [5.41, 5.74) is -1.59. The third-order valence-electron chi connectivity index (χ3n) is 20.9. The van der Waals surface area contributed by atoms with Crippen LogP contribution >= 0.6 is 0 Å². The number of allylic oxidation sites excluding steroid dienone is 2. The Morgan fingerprint density at radius 3 is 1.64 bits per heavy atom. The number of hydrogen-bond donors (Lipinski definition) is 15. The van der Waals surface area contributed by atoms with E-state index in [4.69, 9.17) is 37.9 Å². The van der Waals surface area contributed by atoms with E-state index in [9.17, 15) is 76.6 Å². The molecule has 8 fully saturated rings. The Balaban J connectivity index is 1.01. The molecule has 4 heterocycles. The van der Waals surface area contributed by atoms with Gasteiger partial charge in [-0.1, -0.05) is 46.3 Å². The predicted octanol–water partition coefficient (Wildman–Crippen LogP) is -2.20. The van der Waals surface area contributed by atoms with Crippen molar-refractivity contribution in [3.63, 3.8) is 0 Å². The summed E-state index contributed by atoms with van der Waals surface area (Å²) >= 11 is 0. The van der Waals surface area contributed by atoms with Crippen molar-refractivity contribution in [3.05, 3.63) is 11.6 Å². The highest BCUT2D eigenvalue weighted by atomic mass is 16.8. The van der Waals surface area contributed by atoms with Crippen LogP contribution < -0.4 is 0 Å². The first-order chi connectivity index (χ1) is 36.0. The van der Waals surface area contributed by atoms with E-state index in [1.807, 2.05) is 20.8 Å². The van der Waals surface area contributed by atoms with Crippen molar-refractivity contribution in [1.82, 2.24) is 0 Å². The van der Waals surface area contributed by atoms with Gasteiger partial charge in [0.1, 0.15) is 97.7 Å².